The minimum absolute atomic E-state index is 0.0244. The van der Waals surface area contributed by atoms with Crippen molar-refractivity contribution in [3.63, 3.8) is 0 Å². The van der Waals surface area contributed by atoms with E-state index in [2.05, 4.69) is 5.32 Å². The maximum atomic E-state index is 11.5. The third kappa shape index (κ3) is 4.61. The maximum absolute atomic E-state index is 11.5. The molecule has 1 rings (SSSR count). The number of hydrogen-bond donors (Lipinski definition) is 3. The molecule has 0 saturated heterocycles. The van der Waals surface area contributed by atoms with Gasteiger partial charge in [-0.15, -0.1) is 0 Å². The van der Waals surface area contributed by atoms with Crippen LogP contribution in [0.15, 0.2) is 0 Å². The molecule has 1 fully saturated rings. The van der Waals surface area contributed by atoms with Gasteiger partial charge in [0.2, 0.25) is 11.8 Å². The summed E-state index contributed by atoms with van der Waals surface area (Å²) in [6.45, 7) is 0.329. The molecule has 0 bridgehead atoms. The van der Waals surface area contributed by atoms with Crippen molar-refractivity contribution in [3.05, 3.63) is 0 Å². The van der Waals surface area contributed by atoms with Gasteiger partial charge < -0.3 is 16.8 Å². The van der Waals surface area contributed by atoms with Gasteiger partial charge in [0.05, 0.1) is 0 Å². The molecule has 2 amide bonds. The zero-order valence-electron chi connectivity index (χ0n) is 9.58. The van der Waals surface area contributed by atoms with E-state index in [1.54, 1.807) is 0 Å². The predicted octanol–water partition coefficient (Wildman–Crippen LogP) is -0.114. The molecule has 1 aliphatic rings. The number of carbonyl (C=O) groups excluding carboxylic acids is 2. The SMILES string of the molecule is NC(=O)CCNC(=O)CC1CCCCC1N. The largest absolute Gasteiger partial charge is 0.370 e. The highest BCUT2D eigenvalue weighted by Gasteiger charge is 2.23. The molecule has 0 aromatic carbocycles. The Bertz CT molecular complexity index is 256. The Morgan fingerprint density at radius 2 is 1.94 bits per heavy atom. The second kappa shape index (κ2) is 6.48. The molecule has 0 aromatic rings. The number of nitrogens with one attached hydrogen (secondary N) is 1. The van der Waals surface area contributed by atoms with Gasteiger partial charge in [-0.2, -0.15) is 0 Å². The van der Waals surface area contributed by atoms with Crippen LogP contribution in [0.4, 0.5) is 0 Å². The highest BCUT2D eigenvalue weighted by Crippen LogP contribution is 2.25. The summed E-state index contributed by atoms with van der Waals surface area (Å²) in [5, 5.41) is 2.69. The van der Waals surface area contributed by atoms with Crippen LogP contribution in [0.5, 0.6) is 0 Å². The van der Waals surface area contributed by atoms with Gasteiger partial charge in [0.25, 0.3) is 0 Å². The van der Waals surface area contributed by atoms with Crippen molar-refractivity contribution >= 4 is 11.8 Å². The van der Waals surface area contributed by atoms with Crippen LogP contribution in [0.1, 0.15) is 38.5 Å². The van der Waals surface area contributed by atoms with E-state index in [4.69, 9.17) is 11.5 Å². The van der Waals surface area contributed by atoms with Crippen LogP contribution in [0.25, 0.3) is 0 Å². The molecule has 1 saturated carbocycles. The highest BCUT2D eigenvalue weighted by atomic mass is 16.2. The molecule has 5 N–H and O–H groups in total. The number of rotatable bonds is 5. The lowest BCUT2D eigenvalue weighted by Crippen LogP contribution is -2.37. The minimum Gasteiger partial charge on any atom is -0.370 e. The third-order valence-electron chi connectivity index (χ3n) is 3.11. The van der Waals surface area contributed by atoms with Crippen molar-refractivity contribution in [1.29, 1.82) is 0 Å². The average Bonchev–Trinajstić information content (AvgIpc) is 2.21. The van der Waals surface area contributed by atoms with Crippen LogP contribution in [0, 0.1) is 5.92 Å². The third-order valence-corrected chi connectivity index (χ3v) is 3.11. The normalized spacial score (nSPS) is 25.1. The van der Waals surface area contributed by atoms with E-state index in [1.807, 2.05) is 0 Å². The van der Waals surface area contributed by atoms with Crippen molar-refractivity contribution in [3.8, 4) is 0 Å². The Balaban J connectivity index is 2.19. The fourth-order valence-electron chi connectivity index (χ4n) is 2.13. The van der Waals surface area contributed by atoms with E-state index < -0.39 is 5.91 Å². The quantitative estimate of drug-likeness (QED) is 0.611. The van der Waals surface area contributed by atoms with E-state index in [-0.39, 0.29) is 18.4 Å². The zero-order valence-corrected chi connectivity index (χ0v) is 9.58. The molecule has 0 spiro atoms. The molecule has 5 heteroatoms. The van der Waals surface area contributed by atoms with Gasteiger partial charge in [0.15, 0.2) is 0 Å². The van der Waals surface area contributed by atoms with E-state index >= 15 is 0 Å². The van der Waals surface area contributed by atoms with Crippen LogP contribution in [0.2, 0.25) is 0 Å². The van der Waals surface area contributed by atoms with Gasteiger partial charge in [-0.3, -0.25) is 9.59 Å². The van der Waals surface area contributed by atoms with E-state index in [0.717, 1.165) is 19.3 Å². The molecule has 0 radical (unpaired) electrons. The Kier molecular flexibility index (Phi) is 5.25. The second-order valence-electron chi connectivity index (χ2n) is 4.48. The summed E-state index contributed by atoms with van der Waals surface area (Å²) in [5.74, 6) is -0.124. The van der Waals surface area contributed by atoms with Crippen LogP contribution in [-0.4, -0.2) is 24.4 Å². The first-order chi connectivity index (χ1) is 7.59. The van der Waals surface area contributed by atoms with E-state index in [9.17, 15) is 9.59 Å². The molecule has 0 aliphatic heterocycles. The van der Waals surface area contributed by atoms with Crippen molar-refractivity contribution in [2.75, 3.05) is 6.54 Å². The fraction of sp³-hybridized carbons (Fsp3) is 0.818. The second-order valence-corrected chi connectivity index (χ2v) is 4.48. The van der Waals surface area contributed by atoms with E-state index in [1.165, 1.54) is 6.42 Å². The summed E-state index contributed by atoms with van der Waals surface area (Å²) in [7, 11) is 0. The topological polar surface area (TPSA) is 98.2 Å². The van der Waals surface area contributed by atoms with Crippen LogP contribution in [0.3, 0.4) is 0 Å². The summed E-state index contributed by atoms with van der Waals surface area (Å²) in [6, 6.07) is 0.149. The summed E-state index contributed by atoms with van der Waals surface area (Å²) in [6.07, 6.45) is 5.04. The molecular formula is C11H21N3O2. The van der Waals surface area contributed by atoms with Crippen molar-refractivity contribution in [2.24, 2.45) is 17.4 Å². The summed E-state index contributed by atoms with van der Waals surface area (Å²) in [4.78, 5) is 22.0. The number of amides is 2. The lowest BCUT2D eigenvalue weighted by atomic mass is 9.83. The Labute approximate surface area is 95.9 Å². The molecule has 1 aliphatic carbocycles. The lowest BCUT2D eigenvalue weighted by molar-refractivity contribution is -0.122. The molecule has 16 heavy (non-hydrogen) atoms. The maximum Gasteiger partial charge on any atom is 0.220 e. The van der Waals surface area contributed by atoms with E-state index in [0.29, 0.717) is 18.9 Å². The number of carbonyl (C=O) groups is 2. The first-order valence-electron chi connectivity index (χ1n) is 5.90. The highest BCUT2D eigenvalue weighted by molar-refractivity contribution is 5.78. The van der Waals surface area contributed by atoms with Crippen LogP contribution in [-0.2, 0) is 9.59 Å². The molecule has 2 atom stereocenters. The molecule has 0 aromatic heterocycles. The van der Waals surface area contributed by atoms with Gasteiger partial charge in [0, 0.05) is 25.4 Å². The number of nitrogens with two attached hydrogens (primary N) is 2. The molecule has 0 heterocycles. The fourth-order valence-corrected chi connectivity index (χ4v) is 2.13. The van der Waals surface area contributed by atoms with Crippen LogP contribution >= 0.6 is 0 Å². The minimum atomic E-state index is -0.394. The molecule has 2 unspecified atom stereocenters. The van der Waals surface area contributed by atoms with Gasteiger partial charge in [-0.25, -0.2) is 0 Å². The van der Waals surface area contributed by atoms with Crippen LogP contribution < -0.4 is 16.8 Å². The number of primary amides is 1. The zero-order chi connectivity index (χ0) is 12.0. The molecule has 92 valence electrons. The standard InChI is InChI=1S/C11H21N3O2/c12-9-4-2-1-3-8(9)7-11(16)14-6-5-10(13)15/h8-9H,1-7,12H2,(H2,13,15)(H,14,16). The smallest absolute Gasteiger partial charge is 0.220 e. The van der Waals surface area contributed by atoms with Crippen molar-refractivity contribution < 1.29 is 9.59 Å². The molecular weight excluding hydrogens is 206 g/mol. The summed E-state index contributed by atoms with van der Waals surface area (Å²) in [5.41, 5.74) is 10.9. The first-order valence-corrected chi connectivity index (χ1v) is 5.90. The van der Waals surface area contributed by atoms with Gasteiger partial charge in [-0.1, -0.05) is 12.8 Å². The molecule has 5 nitrogen and oxygen atoms in total. The monoisotopic (exact) mass is 227 g/mol. The van der Waals surface area contributed by atoms with Crippen molar-refractivity contribution in [1.82, 2.24) is 5.32 Å². The van der Waals surface area contributed by atoms with Gasteiger partial charge in [0.1, 0.15) is 0 Å². The number of hydrogen-bond acceptors (Lipinski definition) is 3. The van der Waals surface area contributed by atoms with Gasteiger partial charge in [-0.05, 0) is 18.8 Å². The van der Waals surface area contributed by atoms with Gasteiger partial charge >= 0.3 is 0 Å². The average molecular weight is 227 g/mol. The first kappa shape index (κ1) is 13.0. The summed E-state index contributed by atoms with van der Waals surface area (Å²) >= 11 is 0. The summed E-state index contributed by atoms with van der Waals surface area (Å²) < 4.78 is 0. The Morgan fingerprint density at radius 1 is 1.25 bits per heavy atom. The predicted molar refractivity (Wildman–Crippen MR) is 61.4 cm³/mol. The lowest BCUT2D eigenvalue weighted by Gasteiger charge is -2.27. The Morgan fingerprint density at radius 3 is 2.56 bits per heavy atom. The Hall–Kier alpha value is -1.10. The van der Waals surface area contributed by atoms with Crippen molar-refractivity contribution in [2.45, 2.75) is 44.6 Å².